The van der Waals surface area contributed by atoms with Gasteiger partial charge in [-0.1, -0.05) is 0 Å². The Hall–Kier alpha value is -1.22. The van der Waals surface area contributed by atoms with Crippen LogP contribution in [0.4, 0.5) is 0 Å². The highest BCUT2D eigenvalue weighted by Gasteiger charge is 2.02. The third-order valence-electron chi connectivity index (χ3n) is 2.57. The highest BCUT2D eigenvalue weighted by atomic mass is 16.6. The molecule has 0 saturated carbocycles. The minimum atomic E-state index is -0.389. The first-order valence-electron chi connectivity index (χ1n) is 7.44. The minimum absolute atomic E-state index is 0.102. The summed E-state index contributed by atoms with van der Waals surface area (Å²) in [6.45, 7) is 4.02. The summed E-state index contributed by atoms with van der Waals surface area (Å²) in [7, 11) is 1.63. The van der Waals surface area contributed by atoms with Crippen LogP contribution < -0.4 is 11.1 Å². The number of methoxy groups -OCH3 is 1. The third-order valence-corrected chi connectivity index (χ3v) is 2.57. The van der Waals surface area contributed by atoms with Gasteiger partial charge in [-0.25, -0.2) is 0 Å². The van der Waals surface area contributed by atoms with Crippen molar-refractivity contribution in [3.63, 3.8) is 0 Å². The predicted molar refractivity (Wildman–Crippen MR) is 80.4 cm³/mol. The van der Waals surface area contributed by atoms with Gasteiger partial charge in [-0.3, -0.25) is 9.59 Å². The Kier molecular flexibility index (Phi) is 15.3. The second kappa shape index (κ2) is 16.2. The second-order valence-corrected chi connectivity index (χ2v) is 4.50. The number of hydrogen-bond acceptors (Lipinski definition) is 6. The van der Waals surface area contributed by atoms with Crippen molar-refractivity contribution >= 4 is 11.8 Å². The van der Waals surface area contributed by atoms with Gasteiger partial charge in [0.25, 0.3) is 0 Å². The molecule has 8 heteroatoms. The van der Waals surface area contributed by atoms with E-state index < -0.39 is 0 Å². The topological polar surface area (TPSA) is 109 Å². The highest BCUT2D eigenvalue weighted by Crippen LogP contribution is 1.93. The summed E-state index contributed by atoms with van der Waals surface area (Å²) in [6.07, 6.45) is 1.01. The number of carbonyl (C=O) groups is 2. The molecule has 8 nitrogen and oxygen atoms in total. The maximum absolute atomic E-state index is 11.3. The number of primary amides is 1. The van der Waals surface area contributed by atoms with Crippen molar-refractivity contribution in [3.05, 3.63) is 0 Å². The molecule has 0 aliphatic carbocycles. The molecule has 0 heterocycles. The largest absolute Gasteiger partial charge is 0.382 e. The molecule has 0 aromatic carbocycles. The second-order valence-electron chi connectivity index (χ2n) is 4.50. The molecule has 0 radical (unpaired) electrons. The van der Waals surface area contributed by atoms with Crippen molar-refractivity contribution in [2.24, 2.45) is 5.73 Å². The maximum Gasteiger partial charge on any atom is 0.220 e. The molecular formula is C14H28N2O6. The van der Waals surface area contributed by atoms with Crippen molar-refractivity contribution in [2.45, 2.75) is 19.3 Å². The number of nitrogens with one attached hydrogen (secondary N) is 1. The van der Waals surface area contributed by atoms with Crippen LogP contribution in [0.15, 0.2) is 0 Å². The van der Waals surface area contributed by atoms with Gasteiger partial charge in [-0.2, -0.15) is 0 Å². The molecule has 0 atom stereocenters. The molecule has 0 saturated heterocycles. The lowest BCUT2D eigenvalue weighted by atomic mass is 10.2. The Bertz CT molecular complexity index is 289. The van der Waals surface area contributed by atoms with E-state index in [0.717, 1.165) is 0 Å². The summed E-state index contributed by atoms with van der Waals surface area (Å²) in [6, 6.07) is 0. The zero-order chi connectivity index (χ0) is 16.5. The first kappa shape index (κ1) is 20.8. The summed E-state index contributed by atoms with van der Waals surface area (Å²) >= 11 is 0. The molecule has 0 aliphatic rings. The quantitative estimate of drug-likeness (QED) is 0.370. The fourth-order valence-electron chi connectivity index (χ4n) is 1.46. The van der Waals surface area contributed by atoms with Gasteiger partial charge >= 0.3 is 0 Å². The standard InChI is InChI=1S/C14H28N2O6/c1-19-7-8-21-11-12-22-10-9-20-6-5-16-14(18)4-2-3-13(15)17/h2-12H2,1H3,(H2,15,17)(H,16,18). The zero-order valence-electron chi connectivity index (χ0n) is 13.3. The summed E-state index contributed by atoms with van der Waals surface area (Å²) in [4.78, 5) is 21.8. The van der Waals surface area contributed by atoms with Crippen LogP contribution in [0.25, 0.3) is 0 Å². The van der Waals surface area contributed by atoms with Gasteiger partial charge in [0.05, 0.1) is 46.2 Å². The Morgan fingerprint density at radius 1 is 0.864 bits per heavy atom. The van der Waals surface area contributed by atoms with E-state index in [1.54, 1.807) is 7.11 Å². The van der Waals surface area contributed by atoms with Gasteiger partial charge in [0, 0.05) is 26.5 Å². The molecule has 2 amide bonds. The molecule has 0 unspecified atom stereocenters. The molecule has 0 rings (SSSR count). The van der Waals surface area contributed by atoms with Gasteiger partial charge in [0.2, 0.25) is 11.8 Å². The van der Waals surface area contributed by atoms with Crippen LogP contribution in [0.3, 0.4) is 0 Å². The molecule has 0 aromatic rings. The molecule has 130 valence electrons. The van der Waals surface area contributed by atoms with Crippen LogP contribution in [-0.4, -0.2) is 71.7 Å². The van der Waals surface area contributed by atoms with E-state index >= 15 is 0 Å². The van der Waals surface area contributed by atoms with Crippen LogP contribution in [0.2, 0.25) is 0 Å². The summed E-state index contributed by atoms with van der Waals surface area (Å²) in [5, 5.41) is 2.70. The molecule has 22 heavy (non-hydrogen) atoms. The van der Waals surface area contributed by atoms with Crippen molar-refractivity contribution < 1.29 is 28.5 Å². The SMILES string of the molecule is COCCOCCOCCOCCNC(=O)CCCC(N)=O. The summed E-state index contributed by atoms with van der Waals surface area (Å²) in [5.74, 6) is -0.491. The fourth-order valence-corrected chi connectivity index (χ4v) is 1.46. The number of ether oxygens (including phenoxy) is 4. The van der Waals surface area contributed by atoms with Crippen molar-refractivity contribution in [1.82, 2.24) is 5.32 Å². The third kappa shape index (κ3) is 16.8. The van der Waals surface area contributed by atoms with Gasteiger partial charge in [0.15, 0.2) is 0 Å². The predicted octanol–water partition coefficient (Wildman–Crippen LogP) is -0.546. The van der Waals surface area contributed by atoms with Gasteiger partial charge in [0.1, 0.15) is 0 Å². The highest BCUT2D eigenvalue weighted by molar-refractivity contribution is 5.77. The minimum Gasteiger partial charge on any atom is -0.382 e. The van der Waals surface area contributed by atoms with E-state index in [4.69, 9.17) is 24.7 Å². The molecular weight excluding hydrogens is 292 g/mol. The monoisotopic (exact) mass is 320 g/mol. The maximum atomic E-state index is 11.3. The smallest absolute Gasteiger partial charge is 0.220 e. The number of rotatable bonds is 16. The fraction of sp³-hybridized carbons (Fsp3) is 0.857. The van der Waals surface area contributed by atoms with E-state index in [9.17, 15) is 9.59 Å². The first-order chi connectivity index (χ1) is 10.7. The van der Waals surface area contributed by atoms with E-state index in [1.165, 1.54) is 0 Å². The van der Waals surface area contributed by atoms with Crippen molar-refractivity contribution in [1.29, 1.82) is 0 Å². The molecule has 0 spiro atoms. The van der Waals surface area contributed by atoms with E-state index in [-0.39, 0.29) is 18.2 Å². The van der Waals surface area contributed by atoms with E-state index in [2.05, 4.69) is 5.32 Å². The Morgan fingerprint density at radius 3 is 1.95 bits per heavy atom. The summed E-state index contributed by atoms with van der Waals surface area (Å²) < 4.78 is 20.7. The lowest BCUT2D eigenvalue weighted by molar-refractivity contribution is -0.121. The number of carbonyl (C=O) groups excluding carboxylic acids is 2. The van der Waals surface area contributed by atoms with Crippen LogP contribution in [0.1, 0.15) is 19.3 Å². The Labute approximate surface area is 131 Å². The normalized spacial score (nSPS) is 10.6. The molecule has 0 aliphatic heterocycles. The van der Waals surface area contributed by atoms with Crippen LogP contribution in [-0.2, 0) is 28.5 Å². The van der Waals surface area contributed by atoms with Crippen LogP contribution in [0, 0.1) is 0 Å². The molecule has 0 bridgehead atoms. The first-order valence-corrected chi connectivity index (χ1v) is 7.44. The number of hydrogen-bond donors (Lipinski definition) is 2. The summed E-state index contributed by atoms with van der Waals surface area (Å²) in [5.41, 5.74) is 4.98. The zero-order valence-corrected chi connectivity index (χ0v) is 13.3. The molecule has 0 aromatic heterocycles. The van der Waals surface area contributed by atoms with Gasteiger partial charge in [-0.15, -0.1) is 0 Å². The Morgan fingerprint density at radius 2 is 1.41 bits per heavy atom. The number of nitrogens with two attached hydrogens (primary N) is 1. The average Bonchev–Trinajstić information content (AvgIpc) is 2.48. The van der Waals surface area contributed by atoms with Crippen LogP contribution in [0.5, 0.6) is 0 Å². The van der Waals surface area contributed by atoms with Gasteiger partial charge < -0.3 is 30.0 Å². The average molecular weight is 320 g/mol. The number of amides is 2. The molecule has 3 N–H and O–H groups in total. The Balaban J connectivity index is 3.13. The van der Waals surface area contributed by atoms with Crippen molar-refractivity contribution in [3.8, 4) is 0 Å². The van der Waals surface area contributed by atoms with E-state index in [0.29, 0.717) is 65.6 Å². The van der Waals surface area contributed by atoms with E-state index in [1.807, 2.05) is 0 Å². The van der Waals surface area contributed by atoms with Crippen molar-refractivity contribution in [2.75, 3.05) is 59.9 Å². The lowest BCUT2D eigenvalue weighted by Crippen LogP contribution is -2.27. The molecule has 0 fully saturated rings. The lowest BCUT2D eigenvalue weighted by Gasteiger charge is -2.07. The van der Waals surface area contributed by atoms with Gasteiger partial charge in [-0.05, 0) is 6.42 Å². The van der Waals surface area contributed by atoms with Crippen LogP contribution >= 0.6 is 0 Å².